The number of hydrogen-bond acceptors (Lipinski definition) is 2. The first-order valence-corrected chi connectivity index (χ1v) is 7.92. The maximum absolute atomic E-state index is 14.1. The lowest BCUT2D eigenvalue weighted by Crippen LogP contribution is -2.37. The first-order valence-electron chi connectivity index (χ1n) is 6.88. The average Bonchev–Trinajstić information content (AvgIpc) is 2.39. The molecule has 0 saturated carbocycles. The molecule has 1 N–H and O–H groups in total. The molecule has 1 aromatic rings. The van der Waals surface area contributed by atoms with Crippen LogP contribution in [0.4, 0.5) is 8.78 Å². The standard InChI is InChI=1S/C15H21F2NS/c1-4-7-18-14-13-10(8-19-15(14)9(2)3)11(16)5-6-12(13)17/h5-6,9,14-15,18H,4,7-8H2,1-3H3. The van der Waals surface area contributed by atoms with E-state index in [9.17, 15) is 8.78 Å². The highest BCUT2D eigenvalue weighted by Crippen LogP contribution is 2.43. The Morgan fingerprint density at radius 2 is 2.00 bits per heavy atom. The van der Waals surface area contributed by atoms with Crippen molar-refractivity contribution in [3.05, 3.63) is 34.9 Å². The van der Waals surface area contributed by atoms with Crippen LogP contribution in [0.25, 0.3) is 0 Å². The zero-order valence-electron chi connectivity index (χ0n) is 11.7. The van der Waals surface area contributed by atoms with Gasteiger partial charge in [0, 0.05) is 28.2 Å². The zero-order valence-corrected chi connectivity index (χ0v) is 12.5. The fourth-order valence-corrected chi connectivity index (χ4v) is 4.09. The Bertz CT molecular complexity index is 448. The van der Waals surface area contributed by atoms with Crippen LogP contribution in [0, 0.1) is 17.6 Å². The smallest absolute Gasteiger partial charge is 0.128 e. The molecule has 106 valence electrons. The van der Waals surface area contributed by atoms with E-state index in [4.69, 9.17) is 0 Å². The van der Waals surface area contributed by atoms with Crippen molar-refractivity contribution in [2.45, 2.75) is 44.2 Å². The Labute approximate surface area is 118 Å². The molecule has 2 rings (SSSR count). The molecule has 0 fully saturated rings. The summed E-state index contributed by atoms with van der Waals surface area (Å²) in [6, 6.07) is 2.40. The van der Waals surface area contributed by atoms with Gasteiger partial charge in [-0.25, -0.2) is 8.78 Å². The predicted molar refractivity (Wildman–Crippen MR) is 77.3 cm³/mol. The van der Waals surface area contributed by atoms with Gasteiger partial charge in [-0.1, -0.05) is 20.8 Å². The van der Waals surface area contributed by atoms with Crippen LogP contribution in [0.3, 0.4) is 0 Å². The molecular formula is C15H21F2NS. The molecule has 1 aromatic carbocycles. The highest BCUT2D eigenvalue weighted by atomic mass is 32.2. The Morgan fingerprint density at radius 1 is 1.32 bits per heavy atom. The van der Waals surface area contributed by atoms with E-state index in [2.05, 4.69) is 26.1 Å². The molecule has 0 aromatic heterocycles. The molecule has 0 saturated heterocycles. The van der Waals surface area contributed by atoms with E-state index in [0.717, 1.165) is 13.0 Å². The van der Waals surface area contributed by atoms with Crippen LogP contribution in [0.15, 0.2) is 12.1 Å². The molecule has 1 aliphatic heterocycles. The molecule has 2 unspecified atom stereocenters. The van der Waals surface area contributed by atoms with Crippen molar-refractivity contribution in [1.29, 1.82) is 0 Å². The molecule has 0 radical (unpaired) electrons. The fraction of sp³-hybridized carbons (Fsp3) is 0.600. The van der Waals surface area contributed by atoms with Crippen LogP contribution in [0.2, 0.25) is 0 Å². The monoisotopic (exact) mass is 285 g/mol. The molecule has 1 nitrogen and oxygen atoms in total. The SMILES string of the molecule is CCCNC1c2c(F)ccc(F)c2CSC1C(C)C. The summed E-state index contributed by atoms with van der Waals surface area (Å²) >= 11 is 1.73. The van der Waals surface area contributed by atoms with Crippen LogP contribution in [0.1, 0.15) is 44.4 Å². The number of benzene rings is 1. The molecule has 0 aliphatic carbocycles. The lowest BCUT2D eigenvalue weighted by atomic mass is 9.91. The number of fused-ring (bicyclic) bond motifs is 1. The van der Waals surface area contributed by atoms with Crippen molar-refractivity contribution in [3.8, 4) is 0 Å². The predicted octanol–water partition coefficient (Wildman–Crippen LogP) is 4.28. The van der Waals surface area contributed by atoms with E-state index in [1.54, 1.807) is 11.8 Å². The van der Waals surface area contributed by atoms with Crippen molar-refractivity contribution in [2.75, 3.05) is 6.54 Å². The van der Waals surface area contributed by atoms with Gasteiger partial charge in [0.1, 0.15) is 11.6 Å². The highest BCUT2D eigenvalue weighted by Gasteiger charge is 2.35. The molecule has 1 aliphatic rings. The molecule has 1 heterocycles. The van der Waals surface area contributed by atoms with Crippen molar-refractivity contribution in [1.82, 2.24) is 5.32 Å². The number of halogens is 2. The second-order valence-corrected chi connectivity index (χ2v) is 6.54. The summed E-state index contributed by atoms with van der Waals surface area (Å²) in [6.07, 6.45) is 0.984. The van der Waals surface area contributed by atoms with Gasteiger partial charge < -0.3 is 5.32 Å². The zero-order chi connectivity index (χ0) is 14.0. The number of nitrogens with one attached hydrogen (secondary N) is 1. The van der Waals surface area contributed by atoms with Crippen LogP contribution in [-0.2, 0) is 5.75 Å². The normalized spacial score (nSPS) is 22.6. The van der Waals surface area contributed by atoms with E-state index in [-0.39, 0.29) is 22.9 Å². The third-order valence-corrected chi connectivity index (χ3v) is 5.23. The molecular weight excluding hydrogens is 264 g/mol. The van der Waals surface area contributed by atoms with Crippen LogP contribution in [-0.4, -0.2) is 11.8 Å². The minimum Gasteiger partial charge on any atom is -0.309 e. The largest absolute Gasteiger partial charge is 0.309 e. The summed E-state index contributed by atoms with van der Waals surface area (Å²) in [4.78, 5) is 0. The average molecular weight is 285 g/mol. The Balaban J connectivity index is 2.42. The van der Waals surface area contributed by atoms with Gasteiger partial charge in [0.05, 0.1) is 0 Å². The molecule has 0 spiro atoms. The Morgan fingerprint density at radius 3 is 2.63 bits per heavy atom. The van der Waals surface area contributed by atoms with Crippen molar-refractivity contribution in [2.24, 2.45) is 5.92 Å². The maximum atomic E-state index is 14.1. The molecule has 2 atom stereocenters. The van der Waals surface area contributed by atoms with Crippen LogP contribution >= 0.6 is 11.8 Å². The summed E-state index contributed by atoms with van der Waals surface area (Å²) in [6.45, 7) is 7.18. The van der Waals surface area contributed by atoms with Gasteiger partial charge in [-0.15, -0.1) is 0 Å². The lowest BCUT2D eigenvalue weighted by Gasteiger charge is -2.36. The van der Waals surface area contributed by atoms with Gasteiger partial charge in [0.25, 0.3) is 0 Å². The quantitative estimate of drug-likeness (QED) is 0.886. The molecule has 0 amide bonds. The second-order valence-electron chi connectivity index (χ2n) is 5.37. The topological polar surface area (TPSA) is 12.0 Å². The number of rotatable bonds is 4. The number of hydrogen-bond donors (Lipinski definition) is 1. The van der Waals surface area contributed by atoms with Crippen molar-refractivity contribution >= 4 is 11.8 Å². The Kier molecular flexibility index (Phi) is 4.85. The van der Waals surface area contributed by atoms with Gasteiger partial charge in [-0.05, 0) is 31.0 Å². The first-order chi connectivity index (χ1) is 9.06. The summed E-state index contributed by atoms with van der Waals surface area (Å²) in [7, 11) is 0. The summed E-state index contributed by atoms with van der Waals surface area (Å²) in [5.41, 5.74) is 1.08. The summed E-state index contributed by atoms with van der Waals surface area (Å²) in [5, 5.41) is 3.69. The molecule has 0 bridgehead atoms. The van der Waals surface area contributed by atoms with Gasteiger partial charge in [0.15, 0.2) is 0 Å². The Hall–Kier alpha value is -0.610. The highest BCUT2D eigenvalue weighted by molar-refractivity contribution is 7.99. The van der Waals surface area contributed by atoms with Crippen LogP contribution < -0.4 is 5.32 Å². The van der Waals surface area contributed by atoms with E-state index in [1.807, 2.05) is 0 Å². The molecule has 19 heavy (non-hydrogen) atoms. The van der Waals surface area contributed by atoms with Gasteiger partial charge in [-0.2, -0.15) is 11.8 Å². The van der Waals surface area contributed by atoms with E-state index < -0.39 is 0 Å². The lowest BCUT2D eigenvalue weighted by molar-refractivity contribution is 0.418. The number of thioether (sulfide) groups is 1. The first kappa shape index (κ1) is 14.8. The fourth-order valence-electron chi connectivity index (χ4n) is 2.63. The second kappa shape index (κ2) is 6.23. The van der Waals surface area contributed by atoms with E-state index >= 15 is 0 Å². The van der Waals surface area contributed by atoms with Crippen LogP contribution in [0.5, 0.6) is 0 Å². The minimum absolute atomic E-state index is 0.0931. The summed E-state index contributed by atoms with van der Waals surface area (Å²) < 4.78 is 28.0. The summed E-state index contributed by atoms with van der Waals surface area (Å²) in [5.74, 6) is 0.423. The third-order valence-electron chi connectivity index (χ3n) is 3.58. The van der Waals surface area contributed by atoms with Crippen molar-refractivity contribution in [3.63, 3.8) is 0 Å². The van der Waals surface area contributed by atoms with Gasteiger partial charge in [0.2, 0.25) is 0 Å². The maximum Gasteiger partial charge on any atom is 0.128 e. The van der Waals surface area contributed by atoms with E-state index in [0.29, 0.717) is 22.8 Å². The van der Waals surface area contributed by atoms with Gasteiger partial charge in [-0.3, -0.25) is 0 Å². The van der Waals surface area contributed by atoms with E-state index in [1.165, 1.54) is 12.1 Å². The van der Waals surface area contributed by atoms with Crippen molar-refractivity contribution < 1.29 is 8.78 Å². The molecule has 4 heteroatoms. The van der Waals surface area contributed by atoms with Gasteiger partial charge >= 0.3 is 0 Å². The third kappa shape index (κ3) is 2.95. The minimum atomic E-state index is -0.283.